The summed E-state index contributed by atoms with van der Waals surface area (Å²) >= 11 is 1.06. The molecule has 0 aliphatic rings. The van der Waals surface area contributed by atoms with Gasteiger partial charge in [-0.05, 0) is 0 Å². The summed E-state index contributed by atoms with van der Waals surface area (Å²) in [4.78, 5) is 0. The van der Waals surface area contributed by atoms with Crippen molar-refractivity contribution in [3.8, 4) is 0 Å². The van der Waals surface area contributed by atoms with E-state index in [0.717, 1.165) is 22.9 Å². The Bertz CT molecular complexity index is 281. The summed E-state index contributed by atoms with van der Waals surface area (Å²) in [5.74, 6) is 0. The van der Waals surface area contributed by atoms with E-state index in [2.05, 4.69) is 6.92 Å². The Kier molecular flexibility index (Phi) is 21.8. The number of hydrogen-bond donors (Lipinski definition) is 0. The number of benzene rings is 1. The zero-order valence-electron chi connectivity index (χ0n) is 8.59. The molecule has 0 saturated carbocycles. The van der Waals surface area contributed by atoms with Gasteiger partial charge in [0.05, 0.1) is 0 Å². The molecule has 0 aliphatic carbocycles. The summed E-state index contributed by atoms with van der Waals surface area (Å²) < 4.78 is 8.19. The molecule has 1 nitrogen and oxygen atoms in total. The molecule has 0 bridgehead atoms. The predicted molar refractivity (Wildman–Crippen MR) is 53.6 cm³/mol. The maximum absolute atomic E-state index is 8.19. The monoisotopic (exact) mass is 293 g/mol. The Morgan fingerprint density at radius 3 is 1.50 bits per heavy atom. The Labute approximate surface area is 119 Å². The van der Waals surface area contributed by atoms with Crippen molar-refractivity contribution in [1.82, 2.24) is 0 Å². The Balaban J connectivity index is -0.000000169. The minimum Gasteiger partial charge on any atom is -0.214 e. The van der Waals surface area contributed by atoms with Gasteiger partial charge in [0.25, 0.3) is 0 Å². The van der Waals surface area contributed by atoms with Crippen molar-refractivity contribution >= 4 is 0 Å². The van der Waals surface area contributed by atoms with Crippen LogP contribution in [0.5, 0.6) is 0 Å². The first-order chi connectivity index (χ1) is 6.89. The summed E-state index contributed by atoms with van der Waals surface area (Å²) in [7, 11) is 0. The Hall–Kier alpha value is -0.596. The van der Waals surface area contributed by atoms with Crippen molar-refractivity contribution in [2.24, 2.45) is 0 Å². The van der Waals surface area contributed by atoms with Crippen molar-refractivity contribution in [2.45, 2.75) is 0 Å². The van der Waals surface area contributed by atoms with Gasteiger partial charge >= 0.3 is 21.0 Å². The summed E-state index contributed by atoms with van der Waals surface area (Å²) in [5, 5.41) is 0. The molecule has 0 aliphatic heterocycles. The average Bonchev–Trinajstić information content (AvgIpc) is 2.80. The third-order valence-corrected chi connectivity index (χ3v) is 1.40. The molecule has 87 valence electrons. The van der Waals surface area contributed by atoms with E-state index in [0.29, 0.717) is 0 Å². The van der Waals surface area contributed by atoms with E-state index in [9.17, 15) is 0 Å². The van der Waals surface area contributed by atoms with E-state index in [4.69, 9.17) is 3.67 Å². The molecule has 16 heavy (non-hydrogen) atoms. The zero-order chi connectivity index (χ0) is 10.6. The molecule has 0 amide bonds. The van der Waals surface area contributed by atoms with Gasteiger partial charge in [-0.1, -0.05) is 6.07 Å². The van der Waals surface area contributed by atoms with E-state index >= 15 is 0 Å². The fourth-order valence-corrected chi connectivity index (χ4v) is 0.799. The molecule has 4 heteroatoms. The van der Waals surface area contributed by atoms with Gasteiger partial charge < -0.3 is 24.8 Å². The molecule has 0 atom stereocenters. The molecular weight excluding hydrogens is 282 g/mol. The van der Waals surface area contributed by atoms with Gasteiger partial charge in [0.15, 0.2) is 0 Å². The normalized spacial score (nSPS) is 6.62. The van der Waals surface area contributed by atoms with Crippen LogP contribution in [0.2, 0.25) is 0 Å². The fourth-order valence-electron chi connectivity index (χ4n) is 0.799. The second-order valence-corrected chi connectivity index (χ2v) is 2.45. The summed E-state index contributed by atoms with van der Waals surface area (Å²) in [6.07, 6.45) is 0. The first-order valence-electron chi connectivity index (χ1n) is 4.11. The second-order valence-electron chi connectivity index (χ2n) is 2.45. The summed E-state index contributed by atoms with van der Waals surface area (Å²) in [5.41, 5.74) is 1.07. The first-order valence-corrected chi connectivity index (χ1v) is 4.68. The van der Waals surface area contributed by atoms with E-state index in [-0.39, 0.29) is 24.8 Å². The second kappa shape index (κ2) is 16.8. The van der Waals surface area contributed by atoms with Crippen molar-refractivity contribution in [3.05, 3.63) is 73.2 Å². The summed E-state index contributed by atoms with van der Waals surface area (Å²) in [6.45, 7) is 3.72. The van der Waals surface area contributed by atoms with Crippen LogP contribution in [0.1, 0.15) is 5.56 Å². The number of rotatable bonds is 0. The molecule has 2 rings (SSSR count). The van der Waals surface area contributed by atoms with Crippen molar-refractivity contribution in [3.63, 3.8) is 0 Å². The van der Waals surface area contributed by atoms with Crippen LogP contribution in [0.25, 0.3) is 0 Å². The van der Waals surface area contributed by atoms with E-state index in [1.807, 2.05) is 60.7 Å². The van der Waals surface area contributed by atoms with Gasteiger partial charge in [0.2, 0.25) is 0 Å². The van der Waals surface area contributed by atoms with Crippen molar-refractivity contribution in [2.75, 3.05) is 0 Å². The van der Waals surface area contributed by atoms with Crippen LogP contribution in [0, 0.1) is 6.92 Å². The van der Waals surface area contributed by atoms with Gasteiger partial charge in [-0.2, -0.15) is 42.8 Å². The van der Waals surface area contributed by atoms with E-state index in [1.165, 1.54) is 0 Å². The molecule has 0 N–H and O–H groups in total. The number of hydrogen-bond acceptors (Lipinski definition) is 1. The molecule has 2 aromatic rings. The molecule has 0 spiro atoms. The molecule has 0 fully saturated rings. The minimum absolute atomic E-state index is 0. The summed E-state index contributed by atoms with van der Waals surface area (Å²) in [6, 6.07) is 19.9. The van der Waals surface area contributed by atoms with Crippen LogP contribution in [-0.2, 0) is 21.0 Å². The molecule has 0 heterocycles. The number of halogens is 2. The Morgan fingerprint density at radius 2 is 1.31 bits per heavy atom. The SMILES string of the molecule is [CH2-]c1ccccc1.[Cl-].[Cl-].[O]=[V+2].c1cc[cH-]c1. The molecule has 0 radical (unpaired) electrons. The van der Waals surface area contributed by atoms with Gasteiger partial charge in [-0.25, -0.2) is 12.1 Å². The van der Waals surface area contributed by atoms with Gasteiger partial charge in [0.1, 0.15) is 0 Å². The smallest absolute Gasteiger partial charge is 0.172 e. The largest absolute Gasteiger partial charge is 0.214 e. The molecule has 0 aromatic heterocycles. The standard InChI is InChI=1S/C7H7.C5H5.2ClH.O.V/c1-7-5-3-2-4-6-7;1-2-4-5-3-1;;;;/h2-6H,1H2;1-5H;2*1H;;/q2*-1;;;;+2/p-2. The van der Waals surface area contributed by atoms with Gasteiger partial charge in [-0.15, -0.1) is 12.1 Å². The maximum Gasteiger partial charge on any atom is -0.172 e. The van der Waals surface area contributed by atoms with Crippen molar-refractivity contribution in [1.29, 1.82) is 0 Å². The zero-order valence-corrected chi connectivity index (χ0v) is 11.5. The van der Waals surface area contributed by atoms with Gasteiger partial charge in [-0.3, -0.25) is 0 Å². The molecule has 0 unspecified atom stereocenters. The third-order valence-electron chi connectivity index (χ3n) is 1.40. The van der Waals surface area contributed by atoms with Crippen LogP contribution in [0.4, 0.5) is 0 Å². The minimum atomic E-state index is 0. The molecule has 0 saturated heterocycles. The topological polar surface area (TPSA) is 17.1 Å². The fraction of sp³-hybridized carbons (Fsp3) is 0. The van der Waals surface area contributed by atoms with E-state index in [1.54, 1.807) is 0 Å². The first kappa shape index (κ1) is 20.8. The Morgan fingerprint density at radius 1 is 0.875 bits per heavy atom. The van der Waals surface area contributed by atoms with Crippen LogP contribution >= 0.6 is 0 Å². The van der Waals surface area contributed by atoms with Crippen molar-refractivity contribution < 1.29 is 45.9 Å². The van der Waals surface area contributed by atoms with Crippen LogP contribution in [0.15, 0.2) is 60.7 Å². The predicted octanol–water partition coefficient (Wildman–Crippen LogP) is -2.84. The quantitative estimate of drug-likeness (QED) is 0.479. The third kappa shape index (κ3) is 13.4. The molecular formula is C12H12Cl2OV-2. The van der Waals surface area contributed by atoms with Gasteiger partial charge in [0, 0.05) is 0 Å². The van der Waals surface area contributed by atoms with Crippen LogP contribution < -0.4 is 24.8 Å². The van der Waals surface area contributed by atoms with Crippen LogP contribution in [-0.4, -0.2) is 0 Å². The maximum atomic E-state index is 8.19. The average molecular weight is 294 g/mol. The molecule has 2 aromatic carbocycles. The van der Waals surface area contributed by atoms with E-state index < -0.39 is 0 Å². The van der Waals surface area contributed by atoms with Crippen LogP contribution in [0.3, 0.4) is 0 Å².